The Morgan fingerprint density at radius 2 is 1.91 bits per heavy atom. The number of ketones is 1. The van der Waals surface area contributed by atoms with Gasteiger partial charge in [0.25, 0.3) is 0 Å². The van der Waals surface area contributed by atoms with Crippen molar-refractivity contribution in [2.45, 2.75) is 85.4 Å². The molecule has 130 valence electrons. The van der Waals surface area contributed by atoms with Crippen LogP contribution < -0.4 is 0 Å². The van der Waals surface area contributed by atoms with Crippen molar-refractivity contribution in [3.63, 3.8) is 0 Å². The van der Waals surface area contributed by atoms with Crippen LogP contribution in [0.3, 0.4) is 0 Å². The van der Waals surface area contributed by atoms with E-state index in [9.17, 15) is 4.79 Å². The van der Waals surface area contributed by atoms with Crippen LogP contribution >= 0.6 is 0 Å². The zero-order valence-corrected chi connectivity index (χ0v) is 17.3. The number of hydrogen-bond donors (Lipinski definition) is 0. The van der Waals surface area contributed by atoms with Crippen molar-refractivity contribution in [1.29, 1.82) is 0 Å². The summed E-state index contributed by atoms with van der Waals surface area (Å²) < 4.78 is 6.68. The second kappa shape index (κ2) is 5.91. The first-order chi connectivity index (χ1) is 10.4. The first-order valence-corrected chi connectivity index (χ1v) is 11.9. The number of Topliss-reactive ketones (excluding diaryl/α,β-unsaturated/α-hetero) is 1. The van der Waals surface area contributed by atoms with Crippen LogP contribution in [-0.2, 0) is 9.22 Å². The van der Waals surface area contributed by atoms with E-state index in [1.807, 2.05) is 0 Å². The molecule has 0 aliphatic heterocycles. The van der Waals surface area contributed by atoms with Gasteiger partial charge in [0.1, 0.15) is 11.5 Å². The summed E-state index contributed by atoms with van der Waals surface area (Å²) in [5.74, 6) is 1.86. The van der Waals surface area contributed by atoms with Crippen LogP contribution in [-0.4, -0.2) is 14.1 Å². The molecular formula is C20H34O2Si. The molecule has 2 nitrogen and oxygen atoms in total. The van der Waals surface area contributed by atoms with Crippen LogP contribution in [0.4, 0.5) is 0 Å². The fourth-order valence-electron chi connectivity index (χ4n) is 3.47. The Kier molecular flexibility index (Phi) is 4.75. The highest BCUT2D eigenvalue weighted by Crippen LogP contribution is 2.51. The molecule has 0 aromatic carbocycles. The number of carbonyl (C=O) groups is 1. The molecule has 0 bridgehead atoms. The second-order valence-electron chi connectivity index (χ2n) is 9.39. The number of carbonyl (C=O) groups excluding carboxylic acids is 1. The second-order valence-corrected chi connectivity index (χ2v) is 14.1. The van der Waals surface area contributed by atoms with Gasteiger partial charge in [0, 0.05) is 11.8 Å². The number of hydrogen-bond acceptors (Lipinski definition) is 2. The Balaban J connectivity index is 2.44. The Labute approximate surface area is 143 Å². The largest absolute Gasteiger partial charge is 0.544 e. The molecule has 0 saturated heterocycles. The minimum atomic E-state index is -1.87. The summed E-state index contributed by atoms with van der Waals surface area (Å²) in [5.41, 5.74) is 2.34. The van der Waals surface area contributed by atoms with Gasteiger partial charge in [-0.05, 0) is 68.8 Å². The van der Waals surface area contributed by atoms with Crippen molar-refractivity contribution in [2.75, 3.05) is 0 Å². The summed E-state index contributed by atoms with van der Waals surface area (Å²) in [7, 11) is -1.87. The van der Waals surface area contributed by atoms with Gasteiger partial charge in [0.05, 0.1) is 0 Å². The van der Waals surface area contributed by atoms with E-state index in [2.05, 4.69) is 60.7 Å². The van der Waals surface area contributed by atoms with Crippen molar-refractivity contribution in [2.24, 2.45) is 11.3 Å². The predicted octanol–water partition coefficient (Wildman–Crippen LogP) is 6.01. The van der Waals surface area contributed by atoms with E-state index >= 15 is 0 Å². The Morgan fingerprint density at radius 1 is 1.30 bits per heavy atom. The predicted molar refractivity (Wildman–Crippen MR) is 99.8 cm³/mol. The zero-order chi connectivity index (χ0) is 17.6. The minimum Gasteiger partial charge on any atom is -0.544 e. The third kappa shape index (κ3) is 3.35. The molecule has 0 amide bonds. The number of rotatable bonds is 2. The average molecular weight is 335 g/mol. The van der Waals surface area contributed by atoms with Crippen LogP contribution in [0.5, 0.6) is 0 Å². The van der Waals surface area contributed by atoms with E-state index in [0.29, 0.717) is 11.7 Å². The Hall–Kier alpha value is -0.833. The average Bonchev–Trinajstić information content (AvgIpc) is 2.38. The summed E-state index contributed by atoms with van der Waals surface area (Å²) >= 11 is 0. The topological polar surface area (TPSA) is 26.3 Å². The van der Waals surface area contributed by atoms with E-state index in [0.717, 1.165) is 31.4 Å². The highest BCUT2D eigenvalue weighted by molar-refractivity contribution is 6.74. The summed E-state index contributed by atoms with van der Waals surface area (Å²) in [5, 5.41) is 0.184. The maximum atomic E-state index is 12.6. The van der Waals surface area contributed by atoms with Gasteiger partial charge in [-0.2, -0.15) is 0 Å². The maximum Gasteiger partial charge on any atom is 0.250 e. The molecule has 2 atom stereocenters. The molecule has 2 unspecified atom stereocenters. The molecule has 2 aliphatic carbocycles. The lowest BCUT2D eigenvalue weighted by Crippen LogP contribution is -2.44. The maximum absolute atomic E-state index is 12.6. The SMILES string of the molecule is CC(C)=C1CC2(C)C(=O)CCCC2C=C1O[Si](C)(C)C(C)(C)C. The Bertz CT molecular complexity index is 559. The van der Waals surface area contributed by atoms with Crippen LogP contribution in [0, 0.1) is 11.3 Å². The Morgan fingerprint density at radius 3 is 2.43 bits per heavy atom. The van der Waals surface area contributed by atoms with Crippen molar-refractivity contribution in [3.05, 3.63) is 23.0 Å². The fraction of sp³-hybridized carbons (Fsp3) is 0.750. The lowest BCUT2D eigenvalue weighted by atomic mass is 9.60. The highest BCUT2D eigenvalue weighted by atomic mass is 28.4. The summed E-state index contributed by atoms with van der Waals surface area (Å²) in [6.07, 6.45) is 6.02. The zero-order valence-electron chi connectivity index (χ0n) is 16.3. The normalized spacial score (nSPS) is 29.0. The number of allylic oxidation sites excluding steroid dienone is 3. The summed E-state index contributed by atoms with van der Waals surface area (Å²) in [6.45, 7) is 17.9. The molecule has 2 aliphatic rings. The summed E-state index contributed by atoms with van der Waals surface area (Å²) in [4.78, 5) is 12.6. The third-order valence-electron chi connectivity index (χ3n) is 6.34. The molecule has 0 aromatic heterocycles. The van der Waals surface area contributed by atoms with Crippen molar-refractivity contribution >= 4 is 14.1 Å². The smallest absolute Gasteiger partial charge is 0.250 e. The van der Waals surface area contributed by atoms with E-state index in [1.54, 1.807) is 0 Å². The van der Waals surface area contributed by atoms with Crippen LogP contribution in [0.1, 0.15) is 67.2 Å². The van der Waals surface area contributed by atoms with E-state index in [4.69, 9.17) is 4.43 Å². The minimum absolute atomic E-state index is 0.184. The van der Waals surface area contributed by atoms with Crippen molar-refractivity contribution in [3.8, 4) is 0 Å². The molecule has 1 saturated carbocycles. The summed E-state index contributed by atoms with van der Waals surface area (Å²) in [6, 6.07) is 0. The van der Waals surface area contributed by atoms with Gasteiger partial charge in [0.15, 0.2) is 0 Å². The van der Waals surface area contributed by atoms with Gasteiger partial charge in [-0.3, -0.25) is 4.79 Å². The molecular weight excluding hydrogens is 300 g/mol. The van der Waals surface area contributed by atoms with Gasteiger partial charge in [-0.1, -0.05) is 33.3 Å². The lowest BCUT2D eigenvalue weighted by molar-refractivity contribution is -0.132. The quantitative estimate of drug-likeness (QED) is 0.578. The van der Waals surface area contributed by atoms with Gasteiger partial charge in [-0.25, -0.2) is 0 Å². The first kappa shape index (κ1) is 18.5. The van der Waals surface area contributed by atoms with Crippen LogP contribution in [0.2, 0.25) is 18.1 Å². The molecule has 0 spiro atoms. The molecule has 3 heteroatoms. The van der Waals surface area contributed by atoms with Gasteiger partial charge >= 0.3 is 0 Å². The monoisotopic (exact) mass is 334 g/mol. The fourth-order valence-corrected chi connectivity index (χ4v) is 4.52. The molecule has 0 radical (unpaired) electrons. The van der Waals surface area contributed by atoms with Gasteiger partial charge < -0.3 is 4.43 Å². The van der Waals surface area contributed by atoms with E-state index in [-0.39, 0.29) is 10.5 Å². The van der Waals surface area contributed by atoms with Crippen LogP contribution in [0.15, 0.2) is 23.0 Å². The molecule has 23 heavy (non-hydrogen) atoms. The van der Waals surface area contributed by atoms with Gasteiger partial charge in [0.2, 0.25) is 8.32 Å². The van der Waals surface area contributed by atoms with Gasteiger partial charge in [-0.15, -0.1) is 0 Å². The molecule has 2 rings (SSSR count). The van der Waals surface area contributed by atoms with Crippen molar-refractivity contribution < 1.29 is 9.22 Å². The molecule has 0 N–H and O–H groups in total. The first-order valence-electron chi connectivity index (χ1n) is 8.99. The molecule has 0 heterocycles. The van der Waals surface area contributed by atoms with E-state index in [1.165, 1.54) is 11.1 Å². The molecule has 0 aromatic rings. The lowest BCUT2D eigenvalue weighted by Gasteiger charge is -2.46. The number of fused-ring (bicyclic) bond motifs is 1. The highest BCUT2D eigenvalue weighted by Gasteiger charge is 2.48. The van der Waals surface area contributed by atoms with Crippen molar-refractivity contribution in [1.82, 2.24) is 0 Å². The third-order valence-corrected chi connectivity index (χ3v) is 10.7. The van der Waals surface area contributed by atoms with Crippen LogP contribution in [0.25, 0.3) is 0 Å². The van der Waals surface area contributed by atoms with E-state index < -0.39 is 8.32 Å². The standard InChI is InChI=1S/C20H34O2Si/c1-14(2)16-13-20(6)15(10-9-11-18(20)21)12-17(16)22-23(7,8)19(3,4)5/h12,15H,9-11,13H2,1-8H3. The molecule has 1 fully saturated rings.